The standard InChI is InChI=1S/C21H25BrN4O2/c22-17-5-6-18(23-11-17)13-25-7-8-26(21(25)28)14-20(27)12-24-19-9-15-3-1-2-4-16(15)10-19/h1-6,11,19-20,24,27H,7-10,12-14H2. The fourth-order valence-corrected chi connectivity index (χ4v) is 4.20. The molecule has 2 aromatic rings. The molecule has 1 aliphatic carbocycles. The summed E-state index contributed by atoms with van der Waals surface area (Å²) in [5.74, 6) is 0. The summed E-state index contributed by atoms with van der Waals surface area (Å²) in [5.41, 5.74) is 3.64. The van der Waals surface area contributed by atoms with Crippen LogP contribution in [-0.2, 0) is 19.4 Å². The summed E-state index contributed by atoms with van der Waals surface area (Å²) in [4.78, 5) is 20.5. The molecule has 1 fully saturated rings. The minimum absolute atomic E-state index is 0.0305. The quantitative estimate of drug-likeness (QED) is 0.686. The highest BCUT2D eigenvalue weighted by molar-refractivity contribution is 9.10. The van der Waals surface area contributed by atoms with Crippen molar-refractivity contribution in [2.24, 2.45) is 0 Å². The number of carbonyl (C=O) groups excluding carboxylic acids is 1. The van der Waals surface area contributed by atoms with Crippen LogP contribution in [0.4, 0.5) is 4.79 Å². The molecule has 0 spiro atoms. The molecule has 0 bridgehead atoms. The van der Waals surface area contributed by atoms with Gasteiger partial charge in [-0.1, -0.05) is 24.3 Å². The summed E-state index contributed by atoms with van der Waals surface area (Å²) in [6.07, 6.45) is 3.17. The highest BCUT2D eigenvalue weighted by atomic mass is 79.9. The Kier molecular flexibility index (Phi) is 5.94. The van der Waals surface area contributed by atoms with E-state index in [1.54, 1.807) is 16.0 Å². The lowest BCUT2D eigenvalue weighted by Gasteiger charge is -2.22. The van der Waals surface area contributed by atoms with E-state index in [4.69, 9.17) is 0 Å². The van der Waals surface area contributed by atoms with Gasteiger partial charge in [-0.25, -0.2) is 4.79 Å². The topological polar surface area (TPSA) is 68.7 Å². The molecular formula is C21H25BrN4O2. The molecule has 1 aromatic carbocycles. The van der Waals surface area contributed by atoms with Gasteiger partial charge in [-0.15, -0.1) is 0 Å². The fraction of sp³-hybridized carbons (Fsp3) is 0.429. The molecule has 7 heteroatoms. The van der Waals surface area contributed by atoms with Crippen LogP contribution in [0.3, 0.4) is 0 Å². The zero-order valence-electron chi connectivity index (χ0n) is 15.7. The van der Waals surface area contributed by atoms with Gasteiger partial charge >= 0.3 is 6.03 Å². The first-order valence-corrected chi connectivity index (χ1v) is 10.5. The number of amides is 2. The molecule has 1 aliphatic heterocycles. The number of aromatic nitrogens is 1. The predicted octanol–water partition coefficient (Wildman–Crippen LogP) is 2.20. The number of nitrogens with one attached hydrogen (secondary N) is 1. The normalized spacial score (nSPS) is 18.0. The second-order valence-corrected chi connectivity index (χ2v) is 8.47. The monoisotopic (exact) mass is 444 g/mol. The number of halogens is 1. The molecule has 0 saturated carbocycles. The van der Waals surface area contributed by atoms with Crippen LogP contribution >= 0.6 is 15.9 Å². The van der Waals surface area contributed by atoms with Gasteiger partial charge in [0.25, 0.3) is 0 Å². The van der Waals surface area contributed by atoms with Crippen molar-refractivity contribution in [3.05, 3.63) is 63.9 Å². The SMILES string of the molecule is O=C1N(Cc2ccc(Br)cn2)CCN1CC(O)CNC1Cc2ccccc2C1. The van der Waals surface area contributed by atoms with E-state index in [0.29, 0.717) is 38.8 Å². The smallest absolute Gasteiger partial charge is 0.320 e. The number of benzene rings is 1. The summed E-state index contributed by atoms with van der Waals surface area (Å²) in [6, 6.07) is 12.7. The van der Waals surface area contributed by atoms with Crippen molar-refractivity contribution in [2.45, 2.75) is 31.5 Å². The molecular weight excluding hydrogens is 420 g/mol. The Morgan fingerprint density at radius 2 is 1.86 bits per heavy atom. The molecule has 1 saturated heterocycles. The molecule has 4 rings (SSSR count). The van der Waals surface area contributed by atoms with Gasteiger partial charge in [-0.3, -0.25) is 4.98 Å². The van der Waals surface area contributed by atoms with Gasteiger partial charge in [0.2, 0.25) is 0 Å². The number of aliphatic hydroxyl groups excluding tert-OH is 1. The van der Waals surface area contributed by atoms with E-state index < -0.39 is 6.10 Å². The van der Waals surface area contributed by atoms with Gasteiger partial charge in [0.1, 0.15) is 0 Å². The zero-order chi connectivity index (χ0) is 19.5. The number of carbonyl (C=O) groups is 1. The largest absolute Gasteiger partial charge is 0.390 e. The summed E-state index contributed by atoms with van der Waals surface area (Å²) in [6.45, 7) is 2.65. The summed E-state index contributed by atoms with van der Waals surface area (Å²) in [5, 5.41) is 13.9. The average molecular weight is 445 g/mol. The number of hydrogen-bond acceptors (Lipinski definition) is 4. The third kappa shape index (κ3) is 4.54. The fourth-order valence-electron chi connectivity index (χ4n) is 3.97. The predicted molar refractivity (Wildman–Crippen MR) is 111 cm³/mol. The molecule has 6 nitrogen and oxygen atoms in total. The minimum Gasteiger partial charge on any atom is -0.390 e. The lowest BCUT2D eigenvalue weighted by molar-refractivity contribution is 0.123. The molecule has 2 aliphatic rings. The summed E-state index contributed by atoms with van der Waals surface area (Å²) >= 11 is 3.37. The van der Waals surface area contributed by atoms with Gasteiger partial charge in [-0.2, -0.15) is 0 Å². The summed E-state index contributed by atoms with van der Waals surface area (Å²) < 4.78 is 0.923. The number of β-amino-alcohol motifs (C(OH)–C–C–N with tert-alkyl or cyclic N) is 1. The van der Waals surface area contributed by atoms with Crippen LogP contribution in [0.25, 0.3) is 0 Å². The number of urea groups is 1. The highest BCUT2D eigenvalue weighted by Gasteiger charge is 2.30. The van der Waals surface area contributed by atoms with Crippen molar-refractivity contribution in [2.75, 3.05) is 26.2 Å². The van der Waals surface area contributed by atoms with E-state index in [9.17, 15) is 9.90 Å². The molecule has 1 atom stereocenters. The number of fused-ring (bicyclic) bond motifs is 1. The van der Waals surface area contributed by atoms with Crippen molar-refractivity contribution < 1.29 is 9.90 Å². The Bertz CT molecular complexity index is 804. The second-order valence-electron chi connectivity index (χ2n) is 7.55. The van der Waals surface area contributed by atoms with Gasteiger partial charge in [-0.05, 0) is 52.0 Å². The van der Waals surface area contributed by atoms with Crippen molar-refractivity contribution in [3.63, 3.8) is 0 Å². The van der Waals surface area contributed by atoms with E-state index in [1.165, 1.54) is 11.1 Å². The number of nitrogens with zero attached hydrogens (tertiary/aromatic N) is 3. The van der Waals surface area contributed by atoms with Crippen molar-refractivity contribution >= 4 is 22.0 Å². The van der Waals surface area contributed by atoms with Crippen LogP contribution in [0, 0.1) is 0 Å². The number of pyridine rings is 1. The minimum atomic E-state index is -0.571. The maximum atomic E-state index is 12.6. The first-order valence-electron chi connectivity index (χ1n) is 9.71. The number of rotatable bonds is 7. The molecule has 148 valence electrons. The second kappa shape index (κ2) is 8.59. The summed E-state index contributed by atoms with van der Waals surface area (Å²) in [7, 11) is 0. The van der Waals surface area contributed by atoms with Gasteiger partial charge in [0, 0.05) is 42.9 Å². The third-order valence-corrected chi connectivity index (χ3v) is 5.92. The van der Waals surface area contributed by atoms with Crippen LogP contribution in [0.1, 0.15) is 16.8 Å². The van der Waals surface area contributed by atoms with E-state index in [-0.39, 0.29) is 6.03 Å². The molecule has 2 N–H and O–H groups in total. The Hall–Kier alpha value is -1.96. The van der Waals surface area contributed by atoms with Gasteiger partial charge in [0.15, 0.2) is 0 Å². The number of hydrogen-bond donors (Lipinski definition) is 2. The molecule has 1 unspecified atom stereocenters. The van der Waals surface area contributed by atoms with Crippen molar-refractivity contribution in [1.29, 1.82) is 0 Å². The first kappa shape index (κ1) is 19.4. The first-order chi connectivity index (χ1) is 13.6. The molecule has 2 amide bonds. The number of aliphatic hydroxyl groups is 1. The Morgan fingerprint density at radius 1 is 1.14 bits per heavy atom. The van der Waals surface area contributed by atoms with Gasteiger partial charge < -0.3 is 20.2 Å². The van der Waals surface area contributed by atoms with E-state index in [2.05, 4.69) is 50.5 Å². The van der Waals surface area contributed by atoms with Crippen LogP contribution in [-0.4, -0.2) is 64.2 Å². The lowest BCUT2D eigenvalue weighted by atomic mass is 10.1. The maximum Gasteiger partial charge on any atom is 0.320 e. The van der Waals surface area contributed by atoms with Crippen molar-refractivity contribution in [3.8, 4) is 0 Å². The average Bonchev–Trinajstić information content (AvgIpc) is 3.26. The van der Waals surface area contributed by atoms with Crippen LogP contribution in [0.15, 0.2) is 47.1 Å². The Morgan fingerprint density at radius 3 is 2.54 bits per heavy atom. The molecule has 28 heavy (non-hydrogen) atoms. The Labute approximate surface area is 173 Å². The lowest BCUT2D eigenvalue weighted by Crippen LogP contribution is -2.43. The van der Waals surface area contributed by atoms with Crippen LogP contribution < -0.4 is 5.32 Å². The Balaban J connectivity index is 1.22. The maximum absolute atomic E-state index is 12.6. The highest BCUT2D eigenvalue weighted by Crippen LogP contribution is 2.21. The van der Waals surface area contributed by atoms with Gasteiger partial charge in [0.05, 0.1) is 18.3 Å². The zero-order valence-corrected chi connectivity index (χ0v) is 17.3. The molecule has 1 aromatic heterocycles. The van der Waals surface area contributed by atoms with Crippen molar-refractivity contribution in [1.82, 2.24) is 20.1 Å². The van der Waals surface area contributed by atoms with E-state index >= 15 is 0 Å². The van der Waals surface area contributed by atoms with E-state index in [1.807, 2.05) is 12.1 Å². The molecule has 0 radical (unpaired) electrons. The molecule has 2 heterocycles. The van der Waals surface area contributed by atoms with E-state index in [0.717, 1.165) is 23.0 Å². The van der Waals surface area contributed by atoms with Crippen LogP contribution in [0.2, 0.25) is 0 Å². The van der Waals surface area contributed by atoms with Crippen LogP contribution in [0.5, 0.6) is 0 Å². The third-order valence-electron chi connectivity index (χ3n) is 5.45.